The van der Waals surface area contributed by atoms with E-state index in [1.165, 1.54) is 0 Å². The average Bonchev–Trinajstić information content (AvgIpc) is 2.43. The first kappa shape index (κ1) is 16.5. The Morgan fingerprint density at radius 1 is 1.50 bits per heavy atom. The zero-order valence-electron chi connectivity index (χ0n) is 13.7. The number of anilines is 1. The lowest BCUT2D eigenvalue weighted by molar-refractivity contribution is -0.132. The molecule has 22 heavy (non-hydrogen) atoms. The Kier molecular flexibility index (Phi) is 4.58. The first-order valence-electron chi connectivity index (χ1n) is 7.30. The molecule has 5 heteroatoms. The number of fused-ring (bicyclic) bond motifs is 1. The molecular weight excluding hydrogens is 280 g/mol. The molecule has 0 aromatic heterocycles. The zero-order chi connectivity index (χ0) is 16.5. The number of benzene rings is 1. The monoisotopic (exact) mass is 304 g/mol. The van der Waals surface area contributed by atoms with Crippen LogP contribution in [0.15, 0.2) is 30.4 Å². The number of hydrogen-bond acceptors (Lipinski definition) is 4. The summed E-state index contributed by atoms with van der Waals surface area (Å²) in [7, 11) is 1.61. The molecule has 0 fully saturated rings. The summed E-state index contributed by atoms with van der Waals surface area (Å²) < 4.78 is 10.9. The van der Waals surface area contributed by atoms with E-state index in [-0.39, 0.29) is 11.9 Å². The second kappa shape index (κ2) is 6.10. The van der Waals surface area contributed by atoms with Gasteiger partial charge in [-0.25, -0.2) is 0 Å². The molecule has 5 nitrogen and oxygen atoms in total. The van der Waals surface area contributed by atoms with E-state index < -0.39 is 5.60 Å². The predicted octanol–water partition coefficient (Wildman–Crippen LogP) is 2.41. The SMILES string of the molecule is C=C(C)CN1C(=O)C(C)(C)Oc2ccc(C(N)COC)cc21. The third-order valence-electron chi connectivity index (χ3n) is 3.60. The second-order valence-electron chi connectivity index (χ2n) is 6.25. The van der Waals surface area contributed by atoms with Crippen molar-refractivity contribution in [2.75, 3.05) is 25.2 Å². The molecule has 0 saturated carbocycles. The van der Waals surface area contributed by atoms with Crippen molar-refractivity contribution in [3.8, 4) is 5.75 Å². The fourth-order valence-corrected chi connectivity index (χ4v) is 2.52. The van der Waals surface area contributed by atoms with Crippen LogP contribution in [0.2, 0.25) is 0 Å². The van der Waals surface area contributed by atoms with Crippen LogP contribution in [0.3, 0.4) is 0 Å². The van der Waals surface area contributed by atoms with Crippen molar-refractivity contribution < 1.29 is 14.3 Å². The molecule has 0 bridgehead atoms. The summed E-state index contributed by atoms with van der Waals surface area (Å²) in [5, 5.41) is 0. The van der Waals surface area contributed by atoms with E-state index in [1.54, 1.807) is 25.9 Å². The van der Waals surface area contributed by atoms with Crippen LogP contribution in [-0.4, -0.2) is 31.8 Å². The van der Waals surface area contributed by atoms with Gasteiger partial charge in [-0.1, -0.05) is 18.2 Å². The smallest absolute Gasteiger partial charge is 0.270 e. The lowest BCUT2D eigenvalue weighted by Gasteiger charge is -2.39. The molecule has 2 N–H and O–H groups in total. The molecule has 1 aromatic carbocycles. The summed E-state index contributed by atoms with van der Waals surface area (Å²) in [6.45, 7) is 10.2. The highest BCUT2D eigenvalue weighted by Crippen LogP contribution is 2.39. The van der Waals surface area contributed by atoms with Crippen LogP contribution >= 0.6 is 0 Å². The molecule has 0 aliphatic carbocycles. The molecule has 0 radical (unpaired) electrons. The van der Waals surface area contributed by atoms with Crippen LogP contribution in [0, 0.1) is 0 Å². The molecule has 1 aromatic rings. The number of amides is 1. The Morgan fingerprint density at radius 2 is 2.18 bits per heavy atom. The number of nitrogens with zero attached hydrogens (tertiary/aromatic N) is 1. The third kappa shape index (κ3) is 3.15. The molecule has 120 valence electrons. The topological polar surface area (TPSA) is 64.8 Å². The minimum atomic E-state index is -0.890. The van der Waals surface area contributed by atoms with Crippen molar-refractivity contribution in [1.82, 2.24) is 0 Å². The Bertz CT molecular complexity index is 596. The Hall–Kier alpha value is -1.85. The standard InChI is InChI=1S/C17H24N2O3/c1-11(2)9-19-14-8-12(13(18)10-21-5)6-7-15(14)22-17(3,4)16(19)20/h6-8,13H,1,9-10,18H2,2-5H3. The van der Waals surface area contributed by atoms with E-state index in [1.807, 2.05) is 25.1 Å². The van der Waals surface area contributed by atoms with Gasteiger partial charge in [0.15, 0.2) is 5.60 Å². The summed E-state index contributed by atoms with van der Waals surface area (Å²) in [4.78, 5) is 14.4. The van der Waals surface area contributed by atoms with Crippen molar-refractivity contribution in [2.24, 2.45) is 5.73 Å². The van der Waals surface area contributed by atoms with Crippen LogP contribution in [0.4, 0.5) is 5.69 Å². The molecule has 1 unspecified atom stereocenters. The van der Waals surface area contributed by atoms with Crippen molar-refractivity contribution in [2.45, 2.75) is 32.4 Å². The van der Waals surface area contributed by atoms with Crippen LogP contribution in [0.5, 0.6) is 5.75 Å². The van der Waals surface area contributed by atoms with Crippen molar-refractivity contribution >= 4 is 11.6 Å². The zero-order valence-corrected chi connectivity index (χ0v) is 13.7. The Morgan fingerprint density at radius 3 is 2.77 bits per heavy atom. The molecule has 2 rings (SSSR count). The maximum Gasteiger partial charge on any atom is 0.270 e. The first-order valence-corrected chi connectivity index (χ1v) is 7.30. The molecular formula is C17H24N2O3. The molecule has 1 atom stereocenters. The summed E-state index contributed by atoms with van der Waals surface area (Å²) >= 11 is 0. The van der Waals surface area contributed by atoms with Gasteiger partial charge in [-0.3, -0.25) is 4.79 Å². The van der Waals surface area contributed by atoms with Crippen LogP contribution in [-0.2, 0) is 9.53 Å². The van der Waals surface area contributed by atoms with Gasteiger partial charge in [0.1, 0.15) is 5.75 Å². The number of methoxy groups -OCH3 is 1. The van der Waals surface area contributed by atoms with Gasteiger partial charge in [-0.05, 0) is 38.5 Å². The van der Waals surface area contributed by atoms with E-state index >= 15 is 0 Å². The molecule has 0 saturated heterocycles. The van der Waals surface area contributed by atoms with E-state index in [9.17, 15) is 4.79 Å². The van der Waals surface area contributed by atoms with E-state index in [0.29, 0.717) is 18.9 Å². The quantitative estimate of drug-likeness (QED) is 0.848. The van der Waals surface area contributed by atoms with Crippen molar-refractivity contribution in [3.63, 3.8) is 0 Å². The molecule has 0 spiro atoms. The summed E-state index contributed by atoms with van der Waals surface area (Å²) in [5.41, 5.74) is 7.74. The maximum absolute atomic E-state index is 12.7. The van der Waals surface area contributed by atoms with E-state index in [0.717, 1.165) is 16.8 Å². The number of ether oxygens (including phenoxy) is 2. The number of carbonyl (C=O) groups is 1. The molecule has 1 aliphatic heterocycles. The number of rotatable bonds is 5. The summed E-state index contributed by atoms with van der Waals surface area (Å²) in [5.74, 6) is 0.597. The molecule has 1 amide bonds. The summed E-state index contributed by atoms with van der Waals surface area (Å²) in [6.07, 6.45) is 0. The summed E-state index contributed by atoms with van der Waals surface area (Å²) in [6, 6.07) is 5.43. The average molecular weight is 304 g/mol. The van der Waals surface area contributed by atoms with Crippen molar-refractivity contribution in [1.29, 1.82) is 0 Å². The Labute approximate surface area is 131 Å². The van der Waals surface area contributed by atoms with Gasteiger partial charge in [0.25, 0.3) is 5.91 Å². The highest BCUT2D eigenvalue weighted by atomic mass is 16.5. The largest absolute Gasteiger partial charge is 0.476 e. The fourth-order valence-electron chi connectivity index (χ4n) is 2.52. The van der Waals surface area contributed by atoms with Gasteiger partial charge in [0.2, 0.25) is 0 Å². The van der Waals surface area contributed by atoms with Gasteiger partial charge < -0.3 is 20.1 Å². The normalized spacial score (nSPS) is 17.7. The first-order chi connectivity index (χ1) is 10.3. The Balaban J connectivity index is 2.46. The third-order valence-corrected chi connectivity index (χ3v) is 3.60. The highest BCUT2D eigenvalue weighted by Gasteiger charge is 2.40. The van der Waals surface area contributed by atoms with E-state index in [2.05, 4.69) is 6.58 Å². The lowest BCUT2D eigenvalue weighted by Crippen LogP contribution is -2.53. The van der Waals surface area contributed by atoms with Gasteiger partial charge >= 0.3 is 0 Å². The van der Waals surface area contributed by atoms with Gasteiger partial charge in [-0.15, -0.1) is 0 Å². The second-order valence-corrected chi connectivity index (χ2v) is 6.25. The maximum atomic E-state index is 12.7. The van der Waals surface area contributed by atoms with E-state index in [4.69, 9.17) is 15.2 Å². The fraction of sp³-hybridized carbons (Fsp3) is 0.471. The number of hydrogen-bond donors (Lipinski definition) is 1. The van der Waals surface area contributed by atoms with Crippen LogP contribution < -0.4 is 15.4 Å². The highest BCUT2D eigenvalue weighted by molar-refractivity contribution is 6.02. The van der Waals surface area contributed by atoms with Crippen LogP contribution in [0.25, 0.3) is 0 Å². The molecule has 1 aliphatic rings. The minimum Gasteiger partial charge on any atom is -0.476 e. The van der Waals surface area contributed by atoms with Crippen LogP contribution in [0.1, 0.15) is 32.4 Å². The predicted molar refractivity (Wildman–Crippen MR) is 87.1 cm³/mol. The number of carbonyl (C=O) groups excluding carboxylic acids is 1. The van der Waals surface area contributed by atoms with Gasteiger partial charge in [-0.2, -0.15) is 0 Å². The minimum absolute atomic E-state index is 0.0829. The van der Waals surface area contributed by atoms with Crippen molar-refractivity contribution in [3.05, 3.63) is 35.9 Å². The van der Waals surface area contributed by atoms with Gasteiger partial charge in [0.05, 0.1) is 18.3 Å². The lowest BCUT2D eigenvalue weighted by atomic mass is 10.0. The van der Waals surface area contributed by atoms with Gasteiger partial charge in [0, 0.05) is 13.7 Å². The molecule has 1 heterocycles. The number of nitrogens with two attached hydrogens (primary N) is 1.